The molecule has 3 atom stereocenters. The molecule has 0 aromatic heterocycles. The lowest BCUT2D eigenvalue weighted by atomic mass is 9.84. The molecule has 32 heavy (non-hydrogen) atoms. The summed E-state index contributed by atoms with van der Waals surface area (Å²) in [5, 5.41) is 11.4. The van der Waals surface area contributed by atoms with E-state index >= 15 is 0 Å². The Morgan fingerprint density at radius 3 is 1.94 bits per heavy atom. The Labute approximate surface area is 191 Å². The van der Waals surface area contributed by atoms with E-state index in [1.165, 1.54) is 24.2 Å². The molecular weight excluding hydrogens is 423 g/mol. The van der Waals surface area contributed by atoms with E-state index in [0.717, 1.165) is 0 Å². The second-order valence-corrected chi connectivity index (χ2v) is 14.6. The fourth-order valence-electron chi connectivity index (χ4n) is 5.00. The second kappa shape index (κ2) is 9.46. The number of aliphatic carboxylic acids is 1. The summed E-state index contributed by atoms with van der Waals surface area (Å²) in [6.45, 7) is 9.92. The number of ether oxygens (including phenoxy) is 1. The van der Waals surface area contributed by atoms with Gasteiger partial charge in [-0.2, -0.15) is 0 Å². The molecule has 0 aliphatic carbocycles. The van der Waals surface area contributed by atoms with Crippen molar-refractivity contribution in [3.05, 3.63) is 60.7 Å². The monoisotopic (exact) mass is 458 g/mol. The fourth-order valence-corrected chi connectivity index (χ4v) is 9.60. The number of carboxylic acids is 1. The molecule has 2 aromatic rings. The molecule has 2 aromatic carbocycles. The Morgan fingerprint density at radius 2 is 1.53 bits per heavy atom. The number of rotatable bonds is 8. The Bertz CT molecular complexity index is 850. The predicted molar refractivity (Wildman–Crippen MR) is 128 cm³/mol. The summed E-state index contributed by atoms with van der Waals surface area (Å²) in [4.78, 5) is 11.3. The van der Waals surface area contributed by atoms with E-state index in [1.807, 2.05) is 36.4 Å². The van der Waals surface area contributed by atoms with E-state index in [4.69, 9.17) is 9.16 Å². The zero-order valence-electron chi connectivity index (χ0n) is 19.7. The van der Waals surface area contributed by atoms with Crippen LogP contribution in [0.4, 0.5) is 4.39 Å². The summed E-state index contributed by atoms with van der Waals surface area (Å²) < 4.78 is 27.8. The molecule has 1 heterocycles. The Morgan fingerprint density at radius 1 is 1.03 bits per heavy atom. The van der Waals surface area contributed by atoms with E-state index in [9.17, 15) is 14.3 Å². The first-order chi connectivity index (χ1) is 14.9. The molecule has 0 radical (unpaired) electrons. The molecule has 1 aliphatic heterocycles. The number of alkyl halides is 1. The molecular formula is C26H35FO4Si. The first-order valence-electron chi connectivity index (χ1n) is 11.3. The van der Waals surface area contributed by atoms with E-state index in [1.54, 1.807) is 0 Å². The van der Waals surface area contributed by atoms with Gasteiger partial charge in [-0.25, -0.2) is 4.39 Å². The molecule has 0 saturated carbocycles. The van der Waals surface area contributed by atoms with Crippen molar-refractivity contribution in [1.29, 1.82) is 0 Å². The van der Waals surface area contributed by atoms with Crippen LogP contribution >= 0.6 is 0 Å². The van der Waals surface area contributed by atoms with Gasteiger partial charge in [0.05, 0.1) is 25.2 Å². The second-order valence-electron chi connectivity index (χ2n) is 10.3. The summed E-state index contributed by atoms with van der Waals surface area (Å²) in [5.41, 5.74) is -1.52. The SMILES string of the molecule is CC(C)(F)[C@@H]1C[C@@H](CO[Si](c2ccccc2)(c2ccccc2)C(C)(C)C)OC1CC(=O)O. The number of hydrogen-bond donors (Lipinski definition) is 1. The summed E-state index contributed by atoms with van der Waals surface area (Å²) in [6.07, 6.45) is -0.755. The van der Waals surface area contributed by atoms with Gasteiger partial charge in [-0.1, -0.05) is 81.4 Å². The highest BCUT2D eigenvalue weighted by atomic mass is 28.4. The summed E-state index contributed by atoms with van der Waals surface area (Å²) in [5.74, 6) is -1.45. The van der Waals surface area contributed by atoms with E-state index in [0.29, 0.717) is 13.0 Å². The Kier molecular flexibility index (Phi) is 7.27. The molecule has 1 unspecified atom stereocenters. The minimum atomic E-state index is -2.73. The van der Waals surface area contributed by atoms with Gasteiger partial charge in [0.15, 0.2) is 0 Å². The molecule has 0 amide bonds. The van der Waals surface area contributed by atoms with Crippen molar-refractivity contribution in [3.63, 3.8) is 0 Å². The minimum Gasteiger partial charge on any atom is -0.481 e. The quantitative estimate of drug-likeness (QED) is 0.589. The highest BCUT2D eigenvalue weighted by molar-refractivity contribution is 6.99. The molecule has 0 bridgehead atoms. The number of hydrogen-bond acceptors (Lipinski definition) is 3. The van der Waals surface area contributed by atoms with Crippen LogP contribution in [-0.4, -0.2) is 43.9 Å². The smallest absolute Gasteiger partial charge is 0.305 e. The Balaban J connectivity index is 1.94. The van der Waals surface area contributed by atoms with Crippen LogP contribution in [0.25, 0.3) is 0 Å². The van der Waals surface area contributed by atoms with Crippen molar-refractivity contribution in [2.24, 2.45) is 5.92 Å². The van der Waals surface area contributed by atoms with Gasteiger partial charge in [-0.3, -0.25) is 4.79 Å². The zero-order valence-corrected chi connectivity index (χ0v) is 20.7. The van der Waals surface area contributed by atoms with Crippen molar-refractivity contribution in [2.75, 3.05) is 6.61 Å². The van der Waals surface area contributed by atoms with Gasteiger partial charge in [-0.05, 0) is 35.7 Å². The first-order valence-corrected chi connectivity index (χ1v) is 13.2. The third-order valence-corrected chi connectivity index (χ3v) is 11.5. The van der Waals surface area contributed by atoms with Crippen LogP contribution in [0.3, 0.4) is 0 Å². The maximum Gasteiger partial charge on any atom is 0.305 e. The zero-order chi connectivity index (χ0) is 23.6. The predicted octanol–water partition coefficient (Wildman–Crippen LogP) is 4.56. The van der Waals surface area contributed by atoms with Crippen LogP contribution in [0.5, 0.6) is 0 Å². The van der Waals surface area contributed by atoms with Crippen molar-refractivity contribution in [1.82, 2.24) is 0 Å². The normalized spacial score (nSPS) is 22.1. The van der Waals surface area contributed by atoms with Crippen LogP contribution < -0.4 is 10.4 Å². The van der Waals surface area contributed by atoms with Crippen LogP contribution in [0.2, 0.25) is 5.04 Å². The lowest BCUT2D eigenvalue weighted by Gasteiger charge is -2.43. The topological polar surface area (TPSA) is 55.8 Å². The van der Waals surface area contributed by atoms with Gasteiger partial charge in [0.25, 0.3) is 8.32 Å². The van der Waals surface area contributed by atoms with Crippen LogP contribution in [0.1, 0.15) is 47.5 Å². The van der Waals surface area contributed by atoms with Gasteiger partial charge in [0.2, 0.25) is 0 Å². The van der Waals surface area contributed by atoms with Gasteiger partial charge in [-0.15, -0.1) is 0 Å². The van der Waals surface area contributed by atoms with Crippen molar-refractivity contribution >= 4 is 24.7 Å². The number of benzene rings is 2. The van der Waals surface area contributed by atoms with Crippen LogP contribution in [-0.2, 0) is 14.0 Å². The third-order valence-electron chi connectivity index (χ3n) is 6.49. The summed E-state index contributed by atoms with van der Waals surface area (Å²) in [6, 6.07) is 20.6. The number of carboxylic acid groups (broad SMARTS) is 1. The van der Waals surface area contributed by atoms with Gasteiger partial charge < -0.3 is 14.3 Å². The lowest BCUT2D eigenvalue weighted by Crippen LogP contribution is -2.67. The average Bonchev–Trinajstić information content (AvgIpc) is 3.11. The summed E-state index contributed by atoms with van der Waals surface area (Å²) in [7, 11) is -2.73. The van der Waals surface area contributed by atoms with Crippen molar-refractivity contribution < 1.29 is 23.5 Å². The van der Waals surface area contributed by atoms with Gasteiger partial charge in [0, 0.05) is 5.92 Å². The molecule has 174 valence electrons. The van der Waals surface area contributed by atoms with E-state index in [2.05, 4.69) is 45.0 Å². The highest BCUT2D eigenvalue weighted by Gasteiger charge is 2.52. The van der Waals surface area contributed by atoms with E-state index in [-0.39, 0.29) is 17.6 Å². The Hall–Kier alpha value is -2.02. The number of halogens is 1. The minimum absolute atomic E-state index is 0.173. The molecule has 1 aliphatic rings. The molecule has 6 heteroatoms. The van der Waals surface area contributed by atoms with Crippen molar-refractivity contribution in [3.8, 4) is 0 Å². The number of carbonyl (C=O) groups is 1. The van der Waals surface area contributed by atoms with Gasteiger partial charge in [0.1, 0.15) is 5.67 Å². The molecule has 1 saturated heterocycles. The van der Waals surface area contributed by atoms with Gasteiger partial charge >= 0.3 is 5.97 Å². The van der Waals surface area contributed by atoms with E-state index < -0.39 is 32.0 Å². The van der Waals surface area contributed by atoms with Crippen LogP contribution in [0.15, 0.2) is 60.7 Å². The molecule has 4 nitrogen and oxygen atoms in total. The van der Waals surface area contributed by atoms with Crippen molar-refractivity contribution in [2.45, 2.75) is 70.4 Å². The molecule has 1 N–H and O–H groups in total. The molecule has 3 rings (SSSR count). The fraction of sp³-hybridized carbons (Fsp3) is 0.500. The maximum absolute atomic E-state index is 14.9. The highest BCUT2D eigenvalue weighted by Crippen LogP contribution is 2.41. The third kappa shape index (κ3) is 5.13. The average molecular weight is 459 g/mol. The van der Waals surface area contributed by atoms with Crippen LogP contribution in [0, 0.1) is 5.92 Å². The largest absolute Gasteiger partial charge is 0.481 e. The lowest BCUT2D eigenvalue weighted by molar-refractivity contribution is -0.141. The molecule has 1 fully saturated rings. The summed E-state index contributed by atoms with van der Waals surface area (Å²) >= 11 is 0. The maximum atomic E-state index is 14.9. The standard InChI is InChI=1S/C26H35FO4Si/c1-25(2,3)32(20-12-8-6-9-13-20,21-14-10-7-11-15-21)30-18-19-16-22(26(4,5)27)23(31-19)17-24(28)29/h6-15,19,22-23H,16-18H2,1-5H3,(H,28,29)/t19-,22+,23?/m0/s1. The first kappa shape index (κ1) is 24.6. The molecule has 0 spiro atoms.